The first kappa shape index (κ1) is 18.1. The van der Waals surface area contributed by atoms with Gasteiger partial charge in [0.05, 0.1) is 5.75 Å². The Kier molecular flexibility index (Phi) is 5.14. The number of fused-ring (bicyclic) bond motifs is 1. The lowest BCUT2D eigenvalue weighted by Crippen LogP contribution is -2.48. The van der Waals surface area contributed by atoms with Crippen LogP contribution in [0.25, 0.3) is 0 Å². The van der Waals surface area contributed by atoms with Gasteiger partial charge in [0.1, 0.15) is 5.82 Å². The second-order valence-electron chi connectivity index (χ2n) is 7.10. The molecular formula is C19H23FN2O2S2. The monoisotopic (exact) mass is 394 g/mol. The van der Waals surface area contributed by atoms with E-state index in [-0.39, 0.29) is 11.6 Å². The van der Waals surface area contributed by atoms with E-state index >= 15 is 0 Å². The second kappa shape index (κ2) is 7.38. The zero-order chi connectivity index (χ0) is 18.1. The molecule has 1 aromatic carbocycles. The number of hydrogen-bond donors (Lipinski definition) is 0. The maximum atomic E-state index is 13.0. The molecular weight excluding hydrogens is 371 g/mol. The molecule has 0 aliphatic carbocycles. The third-order valence-electron chi connectivity index (χ3n) is 5.43. The summed E-state index contributed by atoms with van der Waals surface area (Å²) >= 11 is 1.84. The topological polar surface area (TPSA) is 40.6 Å². The molecule has 0 atom stereocenters. The molecule has 2 aliphatic heterocycles. The zero-order valence-corrected chi connectivity index (χ0v) is 16.2. The first-order valence-electron chi connectivity index (χ1n) is 9.03. The van der Waals surface area contributed by atoms with E-state index in [0.717, 1.165) is 32.4 Å². The molecule has 0 bridgehead atoms. The van der Waals surface area contributed by atoms with Crippen molar-refractivity contribution in [2.45, 2.75) is 37.6 Å². The van der Waals surface area contributed by atoms with Crippen LogP contribution in [0.5, 0.6) is 0 Å². The van der Waals surface area contributed by atoms with E-state index in [9.17, 15) is 12.8 Å². The van der Waals surface area contributed by atoms with Crippen LogP contribution in [0.1, 0.15) is 28.8 Å². The number of sulfonamides is 1. The Hall–Kier alpha value is -1.28. The zero-order valence-electron chi connectivity index (χ0n) is 14.6. The van der Waals surface area contributed by atoms with Crippen molar-refractivity contribution >= 4 is 21.4 Å². The smallest absolute Gasteiger partial charge is 0.218 e. The Bertz CT molecular complexity index is 856. The molecule has 140 valence electrons. The minimum atomic E-state index is -3.35. The molecule has 0 spiro atoms. The minimum absolute atomic E-state index is 0.0556. The number of rotatable bonds is 4. The van der Waals surface area contributed by atoms with Crippen LogP contribution in [0.15, 0.2) is 35.7 Å². The summed E-state index contributed by atoms with van der Waals surface area (Å²) in [4.78, 5) is 4.01. The van der Waals surface area contributed by atoms with Gasteiger partial charge in [0.2, 0.25) is 10.0 Å². The number of halogens is 1. The first-order valence-corrected chi connectivity index (χ1v) is 11.5. The Labute approximate surface area is 158 Å². The fraction of sp³-hybridized carbons (Fsp3) is 0.474. The summed E-state index contributed by atoms with van der Waals surface area (Å²) in [7, 11) is -3.35. The van der Waals surface area contributed by atoms with Crippen molar-refractivity contribution in [3.63, 3.8) is 0 Å². The fourth-order valence-electron chi connectivity index (χ4n) is 3.95. The summed E-state index contributed by atoms with van der Waals surface area (Å²) in [6.07, 6.45) is 2.86. The largest absolute Gasteiger partial charge is 0.296 e. The van der Waals surface area contributed by atoms with Crippen molar-refractivity contribution in [1.82, 2.24) is 9.21 Å². The van der Waals surface area contributed by atoms with Crippen LogP contribution in [0, 0.1) is 5.82 Å². The van der Waals surface area contributed by atoms with Crippen LogP contribution >= 0.6 is 11.3 Å². The van der Waals surface area contributed by atoms with Crippen molar-refractivity contribution in [3.05, 3.63) is 57.5 Å². The van der Waals surface area contributed by atoms with E-state index in [1.807, 2.05) is 11.3 Å². The van der Waals surface area contributed by atoms with Gasteiger partial charge in [-0.3, -0.25) is 4.90 Å². The number of benzene rings is 1. The molecule has 1 fully saturated rings. The number of nitrogens with zero attached hydrogens (tertiary/aromatic N) is 2. The molecule has 3 heterocycles. The predicted molar refractivity (Wildman–Crippen MR) is 102 cm³/mol. The number of piperidine rings is 1. The van der Waals surface area contributed by atoms with E-state index in [0.29, 0.717) is 24.7 Å². The lowest BCUT2D eigenvalue weighted by molar-refractivity contribution is 0.127. The average molecular weight is 395 g/mol. The van der Waals surface area contributed by atoms with Gasteiger partial charge in [-0.15, -0.1) is 11.3 Å². The quantitative estimate of drug-likeness (QED) is 0.799. The lowest BCUT2D eigenvalue weighted by Gasteiger charge is -2.39. The van der Waals surface area contributed by atoms with E-state index in [4.69, 9.17) is 0 Å². The number of hydrogen-bond acceptors (Lipinski definition) is 4. The highest BCUT2D eigenvalue weighted by atomic mass is 32.2. The van der Waals surface area contributed by atoms with Gasteiger partial charge in [0, 0.05) is 37.1 Å². The van der Waals surface area contributed by atoms with Crippen molar-refractivity contribution in [1.29, 1.82) is 0 Å². The highest BCUT2D eigenvalue weighted by Crippen LogP contribution is 2.28. The van der Waals surface area contributed by atoms with Gasteiger partial charge in [-0.25, -0.2) is 17.1 Å². The summed E-state index contributed by atoms with van der Waals surface area (Å²) < 4.78 is 39.9. The molecule has 2 aromatic rings. The molecule has 1 aromatic heterocycles. The van der Waals surface area contributed by atoms with Crippen molar-refractivity contribution in [2.24, 2.45) is 0 Å². The van der Waals surface area contributed by atoms with Crippen molar-refractivity contribution < 1.29 is 12.8 Å². The minimum Gasteiger partial charge on any atom is -0.296 e. The lowest BCUT2D eigenvalue weighted by atomic mass is 10.0. The normalized spacial score (nSPS) is 20.2. The summed E-state index contributed by atoms with van der Waals surface area (Å²) in [5.41, 5.74) is 2.07. The summed E-state index contributed by atoms with van der Waals surface area (Å²) in [5.74, 6) is -0.401. The van der Waals surface area contributed by atoms with Crippen LogP contribution in [-0.2, 0) is 28.7 Å². The summed E-state index contributed by atoms with van der Waals surface area (Å²) in [6.45, 7) is 3.20. The van der Waals surface area contributed by atoms with Gasteiger partial charge in [-0.2, -0.15) is 0 Å². The van der Waals surface area contributed by atoms with Gasteiger partial charge < -0.3 is 0 Å². The highest BCUT2D eigenvalue weighted by Gasteiger charge is 2.32. The van der Waals surface area contributed by atoms with Crippen LogP contribution in [0.4, 0.5) is 4.39 Å². The molecule has 0 amide bonds. The molecule has 0 saturated carbocycles. The van der Waals surface area contributed by atoms with E-state index in [2.05, 4.69) is 16.3 Å². The first-order chi connectivity index (χ1) is 12.5. The van der Waals surface area contributed by atoms with Gasteiger partial charge in [-0.05, 0) is 54.0 Å². The van der Waals surface area contributed by atoms with Crippen LogP contribution in [-0.4, -0.2) is 43.3 Å². The van der Waals surface area contributed by atoms with Crippen molar-refractivity contribution in [3.8, 4) is 0 Å². The molecule has 4 nitrogen and oxygen atoms in total. The molecule has 0 radical (unpaired) electrons. The Morgan fingerprint density at radius 3 is 2.54 bits per heavy atom. The van der Waals surface area contributed by atoms with Crippen LogP contribution < -0.4 is 0 Å². The second-order valence-corrected chi connectivity index (χ2v) is 10.1. The molecule has 26 heavy (non-hydrogen) atoms. The molecule has 2 aliphatic rings. The Morgan fingerprint density at radius 1 is 1.08 bits per heavy atom. The fourth-order valence-corrected chi connectivity index (χ4v) is 6.40. The maximum Gasteiger partial charge on any atom is 0.218 e. The van der Waals surface area contributed by atoms with Gasteiger partial charge in [0.15, 0.2) is 0 Å². The van der Waals surface area contributed by atoms with Gasteiger partial charge >= 0.3 is 0 Å². The van der Waals surface area contributed by atoms with Crippen LogP contribution in [0.3, 0.4) is 0 Å². The maximum absolute atomic E-state index is 13.0. The standard InChI is InChI=1S/C19H23FN2O2S2/c20-17-3-1-15(2-4-17)14-26(23,24)22-10-5-18(6-11-22)21-9-7-19-16(13-21)8-12-25-19/h1-4,8,12,18H,5-7,9-11,13-14H2. The van der Waals surface area contributed by atoms with Crippen molar-refractivity contribution in [2.75, 3.05) is 19.6 Å². The summed E-state index contributed by atoms with van der Waals surface area (Å²) in [5, 5.41) is 2.17. The van der Waals surface area contributed by atoms with Gasteiger partial charge in [-0.1, -0.05) is 12.1 Å². The van der Waals surface area contributed by atoms with Crippen LogP contribution in [0.2, 0.25) is 0 Å². The van der Waals surface area contributed by atoms with E-state index in [1.54, 1.807) is 16.4 Å². The average Bonchev–Trinajstić information content (AvgIpc) is 3.11. The third-order valence-corrected chi connectivity index (χ3v) is 8.31. The molecule has 0 unspecified atom stereocenters. The molecule has 7 heteroatoms. The number of thiophene rings is 1. The predicted octanol–water partition coefficient (Wildman–Crippen LogP) is 3.24. The summed E-state index contributed by atoms with van der Waals surface area (Å²) in [6, 6.07) is 8.39. The Morgan fingerprint density at radius 2 is 1.81 bits per heavy atom. The van der Waals surface area contributed by atoms with E-state index in [1.165, 1.54) is 22.6 Å². The van der Waals surface area contributed by atoms with Gasteiger partial charge in [0.25, 0.3) is 0 Å². The van der Waals surface area contributed by atoms with E-state index < -0.39 is 10.0 Å². The highest BCUT2D eigenvalue weighted by molar-refractivity contribution is 7.88. The molecule has 0 N–H and O–H groups in total. The molecule has 1 saturated heterocycles. The molecule has 4 rings (SSSR count). The SMILES string of the molecule is O=S(=O)(Cc1ccc(F)cc1)N1CCC(N2CCc3sccc3C2)CC1. The Balaban J connectivity index is 1.35. The third kappa shape index (κ3) is 3.86.